The van der Waals surface area contributed by atoms with Crippen molar-refractivity contribution in [1.29, 1.82) is 0 Å². The maximum Gasteiger partial charge on any atom is -0.0238 e. The van der Waals surface area contributed by atoms with Crippen LogP contribution in [0.5, 0.6) is 0 Å². The molecule has 0 atom stereocenters. The van der Waals surface area contributed by atoms with E-state index in [1.54, 1.807) is 0 Å². The van der Waals surface area contributed by atoms with Crippen LogP contribution in [0.4, 0.5) is 0 Å². The molecule has 0 heterocycles. The van der Waals surface area contributed by atoms with Gasteiger partial charge in [-0.3, -0.25) is 0 Å². The van der Waals surface area contributed by atoms with Crippen LogP contribution in [0.2, 0.25) is 0 Å². The van der Waals surface area contributed by atoms with Crippen LogP contribution in [-0.4, -0.2) is 0 Å². The van der Waals surface area contributed by atoms with Crippen LogP contribution in [0.25, 0.3) is 0 Å². The molecule has 0 aromatic heterocycles. The predicted octanol–water partition coefficient (Wildman–Crippen LogP) is 3.07. The van der Waals surface area contributed by atoms with E-state index in [0.717, 1.165) is 17.9 Å². The molecular formula is C11H15. The Morgan fingerprint density at radius 2 is 2.09 bits per heavy atom. The zero-order valence-corrected chi connectivity index (χ0v) is 7.30. The second-order valence-electron chi connectivity index (χ2n) is 3.42. The van der Waals surface area contributed by atoms with Gasteiger partial charge in [-0.15, -0.1) is 0 Å². The van der Waals surface area contributed by atoms with Gasteiger partial charge in [0, 0.05) is 0 Å². The molecule has 0 nitrogen and oxygen atoms in total. The lowest BCUT2D eigenvalue weighted by Gasteiger charge is -2.04. The largest absolute Gasteiger partial charge is 0.0625 e. The smallest absolute Gasteiger partial charge is 0.0238 e. The highest BCUT2D eigenvalue weighted by Gasteiger charge is 1.96. The van der Waals surface area contributed by atoms with E-state index < -0.39 is 0 Å². The average molecular weight is 147 g/mol. The van der Waals surface area contributed by atoms with Crippen molar-refractivity contribution in [3.05, 3.63) is 42.3 Å². The summed E-state index contributed by atoms with van der Waals surface area (Å²) in [4.78, 5) is 0. The Labute approximate surface area is 69.3 Å². The van der Waals surface area contributed by atoms with Crippen LogP contribution in [0, 0.1) is 12.8 Å². The second-order valence-corrected chi connectivity index (χ2v) is 3.42. The van der Waals surface area contributed by atoms with Crippen LogP contribution in [0.1, 0.15) is 25.0 Å². The van der Waals surface area contributed by atoms with Crippen LogP contribution in [-0.2, 0) is 6.42 Å². The Morgan fingerprint density at radius 3 is 2.64 bits per heavy atom. The van der Waals surface area contributed by atoms with E-state index in [1.807, 2.05) is 6.07 Å². The first kappa shape index (κ1) is 8.32. The molecule has 0 saturated heterocycles. The summed E-state index contributed by atoms with van der Waals surface area (Å²) in [7, 11) is 0. The maximum atomic E-state index is 3.89. The van der Waals surface area contributed by atoms with E-state index in [2.05, 4.69) is 39.0 Å². The van der Waals surface area contributed by atoms with Crippen molar-refractivity contribution in [3.63, 3.8) is 0 Å². The highest BCUT2D eigenvalue weighted by Crippen LogP contribution is 2.09. The van der Waals surface area contributed by atoms with Crippen LogP contribution in [0.15, 0.2) is 24.3 Å². The molecule has 1 aromatic carbocycles. The quantitative estimate of drug-likeness (QED) is 0.603. The number of rotatable bonds is 2. The van der Waals surface area contributed by atoms with Gasteiger partial charge in [-0.05, 0) is 30.4 Å². The number of benzene rings is 1. The molecule has 0 heteroatoms. The van der Waals surface area contributed by atoms with Crippen molar-refractivity contribution < 1.29 is 0 Å². The molecule has 1 radical (unpaired) electrons. The summed E-state index contributed by atoms with van der Waals surface area (Å²) in [5.74, 6) is 0.733. The van der Waals surface area contributed by atoms with Gasteiger partial charge in [-0.1, -0.05) is 38.1 Å². The Kier molecular flexibility index (Phi) is 2.70. The van der Waals surface area contributed by atoms with E-state index >= 15 is 0 Å². The van der Waals surface area contributed by atoms with Gasteiger partial charge in [0.25, 0.3) is 0 Å². The molecule has 11 heavy (non-hydrogen) atoms. The molecule has 0 N–H and O–H groups in total. The van der Waals surface area contributed by atoms with Crippen molar-refractivity contribution in [2.45, 2.75) is 20.3 Å². The fourth-order valence-electron chi connectivity index (χ4n) is 1.23. The fraction of sp³-hybridized carbons (Fsp3) is 0.364. The third kappa shape index (κ3) is 2.75. The second kappa shape index (κ2) is 3.56. The lowest BCUT2D eigenvalue weighted by Crippen LogP contribution is -1.93. The van der Waals surface area contributed by atoms with E-state index in [-0.39, 0.29) is 0 Å². The Hall–Kier alpha value is -0.780. The maximum absolute atomic E-state index is 3.89. The molecule has 0 saturated carbocycles. The SMILES string of the molecule is [CH2]c1cccc(CC(C)C)c1. The topological polar surface area (TPSA) is 0 Å². The Morgan fingerprint density at radius 1 is 1.36 bits per heavy atom. The molecule has 1 rings (SSSR count). The first-order valence-electron chi connectivity index (χ1n) is 4.09. The van der Waals surface area contributed by atoms with Crippen molar-refractivity contribution >= 4 is 0 Å². The summed E-state index contributed by atoms with van der Waals surface area (Å²) in [5.41, 5.74) is 2.51. The summed E-state index contributed by atoms with van der Waals surface area (Å²) < 4.78 is 0. The zero-order valence-electron chi connectivity index (χ0n) is 7.30. The molecule has 0 aliphatic heterocycles. The molecule has 0 aliphatic rings. The summed E-state index contributed by atoms with van der Waals surface area (Å²) in [6.07, 6.45) is 1.16. The standard InChI is InChI=1S/C11H15/c1-9(2)7-11-6-4-5-10(3)8-11/h4-6,8-9H,3,7H2,1-2H3. The van der Waals surface area contributed by atoms with Crippen LogP contribution >= 0.6 is 0 Å². The average Bonchev–Trinajstić information content (AvgIpc) is 1.85. The molecule has 0 aliphatic carbocycles. The number of hydrogen-bond acceptors (Lipinski definition) is 0. The highest BCUT2D eigenvalue weighted by molar-refractivity contribution is 5.25. The van der Waals surface area contributed by atoms with Crippen molar-refractivity contribution in [3.8, 4) is 0 Å². The van der Waals surface area contributed by atoms with Crippen LogP contribution in [0.3, 0.4) is 0 Å². The van der Waals surface area contributed by atoms with E-state index in [1.165, 1.54) is 5.56 Å². The van der Waals surface area contributed by atoms with Gasteiger partial charge in [0.05, 0.1) is 0 Å². The fourth-order valence-corrected chi connectivity index (χ4v) is 1.23. The molecule has 0 spiro atoms. The Balaban J connectivity index is 2.71. The van der Waals surface area contributed by atoms with E-state index in [9.17, 15) is 0 Å². The summed E-state index contributed by atoms with van der Waals surface area (Å²) in [6, 6.07) is 8.42. The van der Waals surface area contributed by atoms with Gasteiger partial charge in [0.15, 0.2) is 0 Å². The van der Waals surface area contributed by atoms with Gasteiger partial charge in [0.2, 0.25) is 0 Å². The summed E-state index contributed by atoms with van der Waals surface area (Å²) in [6.45, 7) is 8.35. The lowest BCUT2D eigenvalue weighted by molar-refractivity contribution is 0.647. The van der Waals surface area contributed by atoms with Gasteiger partial charge in [0.1, 0.15) is 0 Å². The monoisotopic (exact) mass is 147 g/mol. The third-order valence-corrected chi connectivity index (χ3v) is 1.64. The van der Waals surface area contributed by atoms with E-state index in [4.69, 9.17) is 0 Å². The summed E-state index contributed by atoms with van der Waals surface area (Å²) in [5, 5.41) is 0. The summed E-state index contributed by atoms with van der Waals surface area (Å²) >= 11 is 0. The zero-order chi connectivity index (χ0) is 8.27. The van der Waals surface area contributed by atoms with Crippen molar-refractivity contribution in [1.82, 2.24) is 0 Å². The van der Waals surface area contributed by atoms with Gasteiger partial charge in [-0.25, -0.2) is 0 Å². The molecule has 59 valence electrons. The van der Waals surface area contributed by atoms with Crippen molar-refractivity contribution in [2.75, 3.05) is 0 Å². The van der Waals surface area contributed by atoms with Gasteiger partial charge < -0.3 is 0 Å². The molecule has 1 aromatic rings. The van der Waals surface area contributed by atoms with E-state index in [0.29, 0.717) is 0 Å². The van der Waals surface area contributed by atoms with Gasteiger partial charge in [-0.2, -0.15) is 0 Å². The molecule has 0 bridgehead atoms. The minimum Gasteiger partial charge on any atom is -0.0625 e. The number of hydrogen-bond donors (Lipinski definition) is 0. The van der Waals surface area contributed by atoms with Crippen molar-refractivity contribution in [2.24, 2.45) is 5.92 Å². The Bertz CT molecular complexity index is 223. The predicted molar refractivity (Wildman–Crippen MR) is 49.4 cm³/mol. The van der Waals surface area contributed by atoms with Crippen LogP contribution < -0.4 is 0 Å². The lowest BCUT2D eigenvalue weighted by atomic mass is 10.0. The normalized spacial score (nSPS) is 10.5. The molecule has 0 fully saturated rings. The first-order valence-corrected chi connectivity index (χ1v) is 4.09. The first-order chi connectivity index (χ1) is 5.18. The molecule has 0 amide bonds. The highest BCUT2D eigenvalue weighted by atomic mass is 14.0. The minimum atomic E-state index is 0.733. The molecule has 0 unspecified atom stereocenters. The third-order valence-electron chi connectivity index (χ3n) is 1.64. The van der Waals surface area contributed by atoms with Gasteiger partial charge >= 0.3 is 0 Å². The minimum absolute atomic E-state index is 0.733. The molecular weight excluding hydrogens is 132 g/mol.